The summed E-state index contributed by atoms with van der Waals surface area (Å²) in [6, 6.07) is 10.0. The number of hydrogen-bond donors (Lipinski definition) is 0. The molecule has 0 saturated carbocycles. The Bertz CT molecular complexity index is 576. The molecule has 0 saturated heterocycles. The molecule has 0 bridgehead atoms. The summed E-state index contributed by atoms with van der Waals surface area (Å²) in [7, 11) is 0. The minimum Gasteiger partial charge on any atom is -0.334 e. The smallest absolute Gasteiger partial charge is 0.219 e. The number of aromatic nitrogens is 3. The quantitative estimate of drug-likeness (QED) is 0.757. The van der Waals surface area contributed by atoms with E-state index >= 15 is 0 Å². The molecule has 1 amide bonds. The minimum atomic E-state index is 0.0884. The van der Waals surface area contributed by atoms with Crippen LogP contribution in [0.1, 0.15) is 12.7 Å². The fourth-order valence-corrected chi connectivity index (χ4v) is 2.23. The number of benzene rings is 1. The highest BCUT2D eigenvalue weighted by Gasteiger charge is 2.22. The van der Waals surface area contributed by atoms with Gasteiger partial charge in [0.1, 0.15) is 0 Å². The van der Waals surface area contributed by atoms with Gasteiger partial charge in [0.05, 0.1) is 6.54 Å². The van der Waals surface area contributed by atoms with Gasteiger partial charge in [0.2, 0.25) is 5.91 Å². The van der Waals surface area contributed by atoms with Crippen molar-refractivity contribution in [3.8, 4) is 11.4 Å². The van der Waals surface area contributed by atoms with E-state index in [4.69, 9.17) is 0 Å². The Morgan fingerprint density at radius 1 is 1.17 bits per heavy atom. The molecule has 3 rings (SSSR count). The molecule has 2 aromatic rings. The Hall–Kier alpha value is -2.17. The Morgan fingerprint density at radius 3 is 2.67 bits per heavy atom. The van der Waals surface area contributed by atoms with Crippen molar-refractivity contribution in [3.63, 3.8) is 0 Å². The van der Waals surface area contributed by atoms with E-state index in [0.717, 1.165) is 30.3 Å². The first kappa shape index (κ1) is 11.0. The number of amides is 1. The summed E-state index contributed by atoms with van der Waals surface area (Å²) in [6.07, 6.45) is 0. The summed E-state index contributed by atoms with van der Waals surface area (Å²) >= 11 is 0. The zero-order valence-corrected chi connectivity index (χ0v) is 10.2. The molecule has 2 heterocycles. The molecule has 0 atom stereocenters. The van der Waals surface area contributed by atoms with Gasteiger partial charge in [-0.15, -0.1) is 10.2 Å². The molecule has 92 valence electrons. The van der Waals surface area contributed by atoms with Crippen LogP contribution >= 0.6 is 0 Å². The predicted molar refractivity (Wildman–Crippen MR) is 66.5 cm³/mol. The lowest BCUT2D eigenvalue weighted by Crippen LogP contribution is -2.37. The summed E-state index contributed by atoms with van der Waals surface area (Å²) in [6.45, 7) is 3.62. The van der Waals surface area contributed by atoms with Crippen LogP contribution in [0.15, 0.2) is 30.3 Å². The van der Waals surface area contributed by atoms with E-state index in [2.05, 4.69) is 14.8 Å². The second kappa shape index (κ2) is 4.25. The number of carbonyl (C=O) groups excluding carboxylic acids is 1. The van der Waals surface area contributed by atoms with Crippen LogP contribution in [0.5, 0.6) is 0 Å². The van der Waals surface area contributed by atoms with E-state index in [1.54, 1.807) is 11.8 Å². The zero-order valence-electron chi connectivity index (χ0n) is 10.2. The lowest BCUT2D eigenvalue weighted by Gasteiger charge is -2.26. The summed E-state index contributed by atoms with van der Waals surface area (Å²) in [4.78, 5) is 13.1. The highest BCUT2D eigenvalue weighted by atomic mass is 16.2. The predicted octanol–water partition coefficient (Wildman–Crippen LogP) is 1.31. The van der Waals surface area contributed by atoms with E-state index in [-0.39, 0.29) is 5.91 Å². The lowest BCUT2D eigenvalue weighted by atomic mass is 10.2. The molecule has 0 N–H and O–H groups in total. The third kappa shape index (κ3) is 1.77. The Morgan fingerprint density at radius 2 is 1.94 bits per heavy atom. The van der Waals surface area contributed by atoms with Crippen molar-refractivity contribution in [3.05, 3.63) is 36.2 Å². The minimum absolute atomic E-state index is 0.0884. The third-order valence-corrected chi connectivity index (χ3v) is 3.23. The van der Waals surface area contributed by atoms with Crippen molar-refractivity contribution >= 4 is 5.91 Å². The van der Waals surface area contributed by atoms with Crippen molar-refractivity contribution in [2.24, 2.45) is 0 Å². The van der Waals surface area contributed by atoms with Crippen LogP contribution < -0.4 is 0 Å². The fraction of sp³-hybridized carbons (Fsp3) is 0.308. The van der Waals surface area contributed by atoms with Gasteiger partial charge in [-0.1, -0.05) is 30.3 Å². The first-order valence-corrected chi connectivity index (χ1v) is 5.99. The van der Waals surface area contributed by atoms with Crippen LogP contribution in [0.3, 0.4) is 0 Å². The highest BCUT2D eigenvalue weighted by molar-refractivity contribution is 5.73. The summed E-state index contributed by atoms with van der Waals surface area (Å²) in [5.41, 5.74) is 1.06. The van der Waals surface area contributed by atoms with Crippen LogP contribution in [-0.4, -0.2) is 32.1 Å². The fourth-order valence-electron chi connectivity index (χ4n) is 2.23. The van der Waals surface area contributed by atoms with Crippen molar-refractivity contribution in [1.29, 1.82) is 0 Å². The number of carbonyl (C=O) groups is 1. The van der Waals surface area contributed by atoms with Gasteiger partial charge in [0.15, 0.2) is 11.6 Å². The van der Waals surface area contributed by atoms with Crippen molar-refractivity contribution in [2.45, 2.75) is 20.0 Å². The SMILES string of the molecule is CC(=O)N1CCn2c(nnc2-c2ccccc2)C1. The molecule has 1 aromatic carbocycles. The average molecular weight is 242 g/mol. The van der Waals surface area contributed by atoms with Crippen LogP contribution in [0.2, 0.25) is 0 Å². The average Bonchev–Trinajstić information content (AvgIpc) is 2.82. The molecule has 0 spiro atoms. The summed E-state index contributed by atoms with van der Waals surface area (Å²) < 4.78 is 2.09. The van der Waals surface area contributed by atoms with Gasteiger partial charge in [-0.2, -0.15) is 0 Å². The van der Waals surface area contributed by atoms with Crippen molar-refractivity contribution in [1.82, 2.24) is 19.7 Å². The molecule has 18 heavy (non-hydrogen) atoms. The van der Waals surface area contributed by atoms with Gasteiger partial charge in [0, 0.05) is 25.6 Å². The molecular formula is C13H14N4O. The molecule has 1 aliphatic rings. The summed E-state index contributed by atoms with van der Waals surface area (Å²) in [5.74, 6) is 1.83. The van der Waals surface area contributed by atoms with Crippen molar-refractivity contribution in [2.75, 3.05) is 6.54 Å². The number of nitrogens with zero attached hydrogens (tertiary/aromatic N) is 4. The topological polar surface area (TPSA) is 51.0 Å². The Labute approximate surface area is 105 Å². The Balaban J connectivity index is 1.96. The van der Waals surface area contributed by atoms with Gasteiger partial charge in [-0.3, -0.25) is 4.79 Å². The van der Waals surface area contributed by atoms with Crippen molar-refractivity contribution < 1.29 is 4.79 Å². The zero-order chi connectivity index (χ0) is 12.5. The molecular weight excluding hydrogens is 228 g/mol. The lowest BCUT2D eigenvalue weighted by molar-refractivity contribution is -0.130. The second-order valence-electron chi connectivity index (χ2n) is 4.40. The molecule has 0 aliphatic carbocycles. The van der Waals surface area contributed by atoms with E-state index < -0.39 is 0 Å². The van der Waals surface area contributed by atoms with Crippen LogP contribution in [-0.2, 0) is 17.9 Å². The van der Waals surface area contributed by atoms with Gasteiger partial charge < -0.3 is 9.47 Å². The van der Waals surface area contributed by atoms with Crippen LogP contribution in [0, 0.1) is 0 Å². The summed E-state index contributed by atoms with van der Waals surface area (Å²) in [5, 5.41) is 8.42. The second-order valence-corrected chi connectivity index (χ2v) is 4.40. The van der Waals surface area contributed by atoms with E-state index in [0.29, 0.717) is 6.54 Å². The number of fused-ring (bicyclic) bond motifs is 1. The molecule has 5 nitrogen and oxygen atoms in total. The molecule has 0 fully saturated rings. The number of hydrogen-bond acceptors (Lipinski definition) is 3. The monoisotopic (exact) mass is 242 g/mol. The Kier molecular flexibility index (Phi) is 2.59. The van der Waals surface area contributed by atoms with Gasteiger partial charge >= 0.3 is 0 Å². The maximum atomic E-state index is 11.4. The largest absolute Gasteiger partial charge is 0.334 e. The molecule has 5 heteroatoms. The maximum Gasteiger partial charge on any atom is 0.219 e. The van der Waals surface area contributed by atoms with Gasteiger partial charge in [0.25, 0.3) is 0 Å². The van der Waals surface area contributed by atoms with Gasteiger partial charge in [-0.25, -0.2) is 0 Å². The first-order chi connectivity index (χ1) is 8.75. The van der Waals surface area contributed by atoms with E-state index in [1.165, 1.54) is 0 Å². The first-order valence-electron chi connectivity index (χ1n) is 5.99. The van der Waals surface area contributed by atoms with E-state index in [1.807, 2.05) is 30.3 Å². The van der Waals surface area contributed by atoms with Crippen LogP contribution in [0.25, 0.3) is 11.4 Å². The molecule has 0 unspecified atom stereocenters. The molecule has 1 aromatic heterocycles. The standard InChI is InChI=1S/C13H14N4O/c1-10(18)16-7-8-17-12(9-16)14-15-13(17)11-5-3-2-4-6-11/h2-6H,7-9H2,1H3. The normalized spacial score (nSPS) is 14.4. The highest BCUT2D eigenvalue weighted by Crippen LogP contribution is 2.21. The molecule has 1 aliphatic heterocycles. The number of rotatable bonds is 1. The molecule has 0 radical (unpaired) electrons. The third-order valence-electron chi connectivity index (χ3n) is 3.23. The van der Waals surface area contributed by atoms with Gasteiger partial charge in [-0.05, 0) is 0 Å². The van der Waals surface area contributed by atoms with Crippen LogP contribution in [0.4, 0.5) is 0 Å². The van der Waals surface area contributed by atoms with E-state index in [9.17, 15) is 4.79 Å². The maximum absolute atomic E-state index is 11.4.